The zero-order chi connectivity index (χ0) is 16.4. The molecule has 1 unspecified atom stereocenters. The molecule has 0 spiro atoms. The Morgan fingerprint density at radius 3 is 2.45 bits per heavy atom. The second-order valence-corrected chi connectivity index (χ2v) is 11.4. The van der Waals surface area contributed by atoms with Crippen molar-refractivity contribution < 1.29 is 14.0 Å². The highest BCUT2D eigenvalue weighted by atomic mass is 28.4. The molecule has 1 aromatic rings. The van der Waals surface area contributed by atoms with Crippen molar-refractivity contribution in [3.05, 3.63) is 35.9 Å². The Morgan fingerprint density at radius 2 is 1.91 bits per heavy atom. The minimum absolute atomic E-state index is 0.0571. The summed E-state index contributed by atoms with van der Waals surface area (Å²) >= 11 is 0. The second-order valence-electron chi connectivity index (χ2n) is 6.99. The van der Waals surface area contributed by atoms with Crippen LogP contribution in [0.4, 0.5) is 0 Å². The molecule has 0 aromatic heterocycles. The van der Waals surface area contributed by atoms with E-state index in [1.54, 1.807) is 7.11 Å². The molecule has 3 atom stereocenters. The summed E-state index contributed by atoms with van der Waals surface area (Å²) in [5.74, 6) is -0.547. The number of nitrogens with zero attached hydrogens (tertiary/aromatic N) is 1. The lowest BCUT2D eigenvalue weighted by Crippen LogP contribution is -2.44. The molecule has 0 saturated heterocycles. The maximum absolute atomic E-state index is 6.22. The summed E-state index contributed by atoms with van der Waals surface area (Å²) in [5.41, 5.74) is 2.17. The SMILES string of the molecule is CO[C@]1(C)C[C@@H](c2ccccc2)C(C(C)O[Si](C)(C)C)=NO1. The number of hydrogen-bond donors (Lipinski definition) is 0. The molecule has 0 bridgehead atoms. The summed E-state index contributed by atoms with van der Waals surface area (Å²) in [6.07, 6.45) is 0.671. The maximum atomic E-state index is 6.22. The Morgan fingerprint density at radius 1 is 1.27 bits per heavy atom. The van der Waals surface area contributed by atoms with Gasteiger partial charge < -0.3 is 14.0 Å². The first kappa shape index (κ1) is 17.2. The standard InChI is InChI=1S/C17H27NO3Si/c1-13(20-22(4,5)6)16-15(14-10-8-7-9-11-14)12-17(2,19-3)21-18-16/h7-11,13,15H,12H2,1-6H3/t13?,15-,17-/m0/s1. The summed E-state index contributed by atoms with van der Waals surface area (Å²) in [6.45, 7) is 10.5. The first-order valence-electron chi connectivity index (χ1n) is 7.78. The average molecular weight is 321 g/mol. The number of ether oxygens (including phenoxy) is 1. The van der Waals surface area contributed by atoms with Crippen LogP contribution in [0.3, 0.4) is 0 Å². The van der Waals surface area contributed by atoms with Crippen molar-refractivity contribution in [2.24, 2.45) is 5.16 Å². The van der Waals surface area contributed by atoms with Gasteiger partial charge in [0.05, 0.1) is 11.8 Å². The molecule has 0 N–H and O–H groups in total. The lowest BCUT2D eigenvalue weighted by atomic mass is 9.85. The first-order valence-corrected chi connectivity index (χ1v) is 11.2. The van der Waals surface area contributed by atoms with E-state index in [1.807, 2.05) is 13.0 Å². The molecule has 5 heteroatoms. The number of benzene rings is 1. The Hall–Kier alpha value is -1.17. The first-order chi connectivity index (χ1) is 10.2. The van der Waals surface area contributed by atoms with Gasteiger partial charge in [0.1, 0.15) is 0 Å². The van der Waals surface area contributed by atoms with Gasteiger partial charge in [-0.2, -0.15) is 0 Å². The molecule has 0 aliphatic carbocycles. The van der Waals surface area contributed by atoms with Gasteiger partial charge in [0.2, 0.25) is 5.79 Å². The topological polar surface area (TPSA) is 40.0 Å². The molecular weight excluding hydrogens is 294 g/mol. The highest BCUT2D eigenvalue weighted by Crippen LogP contribution is 2.36. The summed E-state index contributed by atoms with van der Waals surface area (Å²) in [7, 11) is 0.0109. The third-order valence-electron chi connectivity index (χ3n) is 3.86. The van der Waals surface area contributed by atoms with Crippen LogP contribution >= 0.6 is 0 Å². The maximum Gasteiger partial charge on any atom is 0.234 e. The van der Waals surface area contributed by atoms with Gasteiger partial charge in [-0.05, 0) is 32.1 Å². The molecule has 2 rings (SSSR count). The van der Waals surface area contributed by atoms with Crippen LogP contribution in [-0.2, 0) is 14.0 Å². The van der Waals surface area contributed by atoms with Gasteiger partial charge in [-0.1, -0.05) is 35.5 Å². The molecule has 1 aromatic carbocycles. The van der Waals surface area contributed by atoms with Gasteiger partial charge in [-0.3, -0.25) is 0 Å². The molecule has 22 heavy (non-hydrogen) atoms. The second kappa shape index (κ2) is 6.52. The Bertz CT molecular complexity index is 526. The van der Waals surface area contributed by atoms with Crippen molar-refractivity contribution in [3.63, 3.8) is 0 Å². The van der Waals surface area contributed by atoms with Gasteiger partial charge in [0, 0.05) is 26.4 Å². The fraction of sp³-hybridized carbons (Fsp3) is 0.588. The Labute approximate surface area is 134 Å². The molecule has 4 nitrogen and oxygen atoms in total. The number of rotatable bonds is 5. The van der Waals surface area contributed by atoms with E-state index in [2.05, 4.69) is 56.0 Å². The Kier molecular flexibility index (Phi) is 5.09. The number of hydrogen-bond acceptors (Lipinski definition) is 4. The Balaban J connectivity index is 2.32. The summed E-state index contributed by atoms with van der Waals surface area (Å²) in [6, 6.07) is 10.4. The minimum Gasteiger partial charge on any atom is -0.410 e. The highest BCUT2D eigenvalue weighted by Gasteiger charge is 2.40. The van der Waals surface area contributed by atoms with E-state index < -0.39 is 14.1 Å². The molecule has 1 aliphatic rings. The predicted molar refractivity (Wildman–Crippen MR) is 91.6 cm³/mol. The van der Waals surface area contributed by atoms with Crippen LogP contribution in [-0.4, -0.2) is 33.0 Å². The van der Waals surface area contributed by atoms with Crippen molar-refractivity contribution >= 4 is 14.0 Å². The van der Waals surface area contributed by atoms with Crippen LogP contribution in [0.5, 0.6) is 0 Å². The van der Waals surface area contributed by atoms with Crippen LogP contribution in [0.15, 0.2) is 35.5 Å². The van der Waals surface area contributed by atoms with E-state index in [1.165, 1.54) is 5.56 Å². The third-order valence-corrected chi connectivity index (χ3v) is 4.92. The molecule has 0 radical (unpaired) electrons. The molecule has 1 heterocycles. The van der Waals surface area contributed by atoms with Crippen molar-refractivity contribution in [3.8, 4) is 0 Å². The monoisotopic (exact) mass is 321 g/mol. The van der Waals surface area contributed by atoms with Crippen LogP contribution in [0.1, 0.15) is 31.7 Å². The van der Waals surface area contributed by atoms with Crippen LogP contribution in [0.25, 0.3) is 0 Å². The molecule has 0 saturated carbocycles. The van der Waals surface area contributed by atoms with Gasteiger partial charge in [0.25, 0.3) is 0 Å². The summed E-state index contributed by atoms with van der Waals surface area (Å²) in [5, 5.41) is 4.38. The fourth-order valence-corrected chi connectivity index (χ4v) is 3.95. The third kappa shape index (κ3) is 4.18. The summed E-state index contributed by atoms with van der Waals surface area (Å²) in [4.78, 5) is 5.62. The van der Waals surface area contributed by atoms with Crippen molar-refractivity contribution in [1.82, 2.24) is 0 Å². The number of oxime groups is 1. The predicted octanol–water partition coefficient (Wildman–Crippen LogP) is 4.15. The molecule has 1 aliphatic heterocycles. The van der Waals surface area contributed by atoms with E-state index in [0.29, 0.717) is 0 Å². The van der Waals surface area contributed by atoms with E-state index in [9.17, 15) is 0 Å². The zero-order valence-corrected chi connectivity index (χ0v) is 15.4. The van der Waals surface area contributed by atoms with Gasteiger partial charge in [0.15, 0.2) is 8.32 Å². The number of methoxy groups -OCH3 is 1. The lowest BCUT2D eigenvalue weighted by molar-refractivity contribution is -0.222. The van der Waals surface area contributed by atoms with Crippen LogP contribution in [0, 0.1) is 0 Å². The molecule has 0 fully saturated rings. The smallest absolute Gasteiger partial charge is 0.234 e. The zero-order valence-electron chi connectivity index (χ0n) is 14.4. The quantitative estimate of drug-likeness (QED) is 0.765. The summed E-state index contributed by atoms with van der Waals surface area (Å²) < 4.78 is 11.7. The van der Waals surface area contributed by atoms with Gasteiger partial charge >= 0.3 is 0 Å². The van der Waals surface area contributed by atoms with E-state index >= 15 is 0 Å². The largest absolute Gasteiger partial charge is 0.410 e. The van der Waals surface area contributed by atoms with Crippen LogP contribution in [0.2, 0.25) is 19.6 Å². The molecule has 0 amide bonds. The fourth-order valence-electron chi connectivity index (χ4n) is 2.77. The van der Waals surface area contributed by atoms with Crippen molar-refractivity contribution in [1.29, 1.82) is 0 Å². The van der Waals surface area contributed by atoms with Gasteiger partial charge in [-0.15, -0.1) is 0 Å². The van der Waals surface area contributed by atoms with Crippen molar-refractivity contribution in [2.45, 2.75) is 57.7 Å². The highest BCUT2D eigenvalue weighted by molar-refractivity contribution is 6.69. The minimum atomic E-state index is -1.65. The van der Waals surface area contributed by atoms with E-state index in [4.69, 9.17) is 14.0 Å². The van der Waals surface area contributed by atoms with E-state index in [0.717, 1.165) is 12.1 Å². The lowest BCUT2D eigenvalue weighted by Gasteiger charge is -2.37. The van der Waals surface area contributed by atoms with Gasteiger partial charge in [-0.25, -0.2) is 0 Å². The van der Waals surface area contributed by atoms with Crippen LogP contribution < -0.4 is 0 Å². The van der Waals surface area contributed by atoms with Crippen molar-refractivity contribution in [2.75, 3.05) is 7.11 Å². The molecular formula is C17H27NO3Si. The average Bonchev–Trinajstić information content (AvgIpc) is 2.46. The van der Waals surface area contributed by atoms with E-state index in [-0.39, 0.29) is 12.0 Å². The molecule has 122 valence electrons. The normalized spacial score (nSPS) is 27.0.